The zero-order valence-electron chi connectivity index (χ0n) is 10.9. The fraction of sp³-hybridized carbons (Fsp3) is 0.333. The molecule has 1 atom stereocenters. The second-order valence-electron chi connectivity index (χ2n) is 4.62. The van der Waals surface area contributed by atoms with Crippen LogP contribution < -0.4 is 0 Å². The minimum Gasteiger partial charge on any atom is -0.364 e. The molecule has 0 spiro atoms. The molecule has 0 bridgehead atoms. The summed E-state index contributed by atoms with van der Waals surface area (Å²) in [7, 11) is 0. The summed E-state index contributed by atoms with van der Waals surface area (Å²) in [6.45, 7) is 1.40. The molecule has 0 saturated carbocycles. The van der Waals surface area contributed by atoms with E-state index in [2.05, 4.69) is 5.10 Å². The Labute approximate surface area is 117 Å². The minimum atomic E-state index is -3.22. The number of hydrogen-bond acceptors (Lipinski definition) is 5. The van der Waals surface area contributed by atoms with Crippen molar-refractivity contribution in [2.24, 2.45) is 5.10 Å². The van der Waals surface area contributed by atoms with Crippen molar-refractivity contribution in [2.45, 2.75) is 25.5 Å². The predicted octanol–water partition coefficient (Wildman–Crippen LogP) is 1.77. The normalized spacial score (nSPS) is 21.6. The second-order valence-corrected chi connectivity index (χ2v) is 4.62. The van der Waals surface area contributed by atoms with Crippen LogP contribution in [0.5, 0.6) is 0 Å². The molecule has 2 rings (SSSR count). The quantitative estimate of drug-likeness (QED) is 0.679. The van der Waals surface area contributed by atoms with Gasteiger partial charge in [-0.1, -0.05) is 6.07 Å². The largest absolute Gasteiger partial charge is 0.364 e. The Morgan fingerprint density at radius 3 is 2.81 bits per heavy atom. The lowest BCUT2D eigenvalue weighted by Gasteiger charge is -2.29. The SMILES string of the molecule is CC1=NN(C(=O)c2cccc([N+](=O)[O-])c2)[C@](O)(C(F)F)C1. The van der Waals surface area contributed by atoms with E-state index in [0.717, 1.165) is 12.1 Å². The van der Waals surface area contributed by atoms with Gasteiger partial charge in [-0.15, -0.1) is 0 Å². The molecule has 0 aliphatic carbocycles. The molecule has 1 aliphatic heterocycles. The predicted molar refractivity (Wildman–Crippen MR) is 67.9 cm³/mol. The van der Waals surface area contributed by atoms with Gasteiger partial charge in [0.25, 0.3) is 18.0 Å². The molecule has 1 aromatic carbocycles. The third-order valence-electron chi connectivity index (χ3n) is 3.00. The summed E-state index contributed by atoms with van der Waals surface area (Å²) in [4.78, 5) is 22.1. The van der Waals surface area contributed by atoms with Crippen LogP contribution >= 0.6 is 0 Å². The number of alkyl halides is 2. The number of aliphatic hydroxyl groups is 1. The fourth-order valence-electron chi connectivity index (χ4n) is 2.01. The Hall–Kier alpha value is -2.42. The van der Waals surface area contributed by atoms with E-state index in [9.17, 15) is 28.8 Å². The van der Waals surface area contributed by atoms with Gasteiger partial charge in [-0.2, -0.15) is 10.1 Å². The highest BCUT2D eigenvalue weighted by Crippen LogP contribution is 2.32. The molecule has 7 nitrogen and oxygen atoms in total. The van der Waals surface area contributed by atoms with Gasteiger partial charge >= 0.3 is 0 Å². The van der Waals surface area contributed by atoms with E-state index >= 15 is 0 Å². The Balaban J connectivity index is 2.39. The van der Waals surface area contributed by atoms with Crippen LogP contribution in [0.4, 0.5) is 14.5 Å². The Morgan fingerprint density at radius 1 is 1.57 bits per heavy atom. The Kier molecular flexibility index (Phi) is 3.69. The molecule has 0 saturated heterocycles. The van der Waals surface area contributed by atoms with Crippen molar-refractivity contribution in [3.63, 3.8) is 0 Å². The van der Waals surface area contributed by atoms with Crippen LogP contribution in [0.2, 0.25) is 0 Å². The van der Waals surface area contributed by atoms with Crippen molar-refractivity contribution in [3.05, 3.63) is 39.9 Å². The van der Waals surface area contributed by atoms with Crippen molar-refractivity contribution in [2.75, 3.05) is 0 Å². The number of benzene rings is 1. The zero-order valence-corrected chi connectivity index (χ0v) is 10.9. The van der Waals surface area contributed by atoms with Gasteiger partial charge in [-0.3, -0.25) is 14.9 Å². The van der Waals surface area contributed by atoms with E-state index in [1.807, 2.05) is 0 Å². The van der Waals surface area contributed by atoms with Crippen LogP contribution in [0.1, 0.15) is 23.7 Å². The summed E-state index contributed by atoms with van der Waals surface area (Å²) in [5, 5.41) is 24.5. The molecule has 0 aromatic heterocycles. The molecule has 1 aliphatic rings. The molecule has 1 amide bonds. The van der Waals surface area contributed by atoms with E-state index in [1.165, 1.54) is 19.1 Å². The van der Waals surface area contributed by atoms with E-state index < -0.39 is 29.4 Å². The van der Waals surface area contributed by atoms with Gasteiger partial charge in [0.05, 0.1) is 4.92 Å². The number of carbonyl (C=O) groups is 1. The number of nitrogens with zero attached hydrogens (tertiary/aromatic N) is 3. The number of amides is 1. The Bertz CT molecular complexity index is 635. The van der Waals surface area contributed by atoms with Crippen molar-refractivity contribution in [1.29, 1.82) is 0 Å². The summed E-state index contributed by atoms with van der Waals surface area (Å²) in [6, 6.07) is 4.58. The topological polar surface area (TPSA) is 96.0 Å². The smallest absolute Gasteiger partial charge is 0.287 e. The maximum absolute atomic E-state index is 13.0. The fourth-order valence-corrected chi connectivity index (χ4v) is 2.01. The van der Waals surface area contributed by atoms with Gasteiger partial charge in [0.15, 0.2) is 0 Å². The maximum Gasteiger partial charge on any atom is 0.287 e. The summed E-state index contributed by atoms with van der Waals surface area (Å²) in [6.07, 6.45) is -3.70. The van der Waals surface area contributed by atoms with Crippen molar-refractivity contribution >= 4 is 17.3 Å². The van der Waals surface area contributed by atoms with E-state index in [4.69, 9.17) is 0 Å². The van der Waals surface area contributed by atoms with Gasteiger partial charge in [0.2, 0.25) is 5.72 Å². The first-order valence-corrected chi connectivity index (χ1v) is 5.89. The van der Waals surface area contributed by atoms with Crippen LogP contribution in [0.25, 0.3) is 0 Å². The first kappa shape index (κ1) is 15.0. The van der Waals surface area contributed by atoms with Gasteiger partial charge in [0.1, 0.15) is 0 Å². The average molecular weight is 299 g/mol. The zero-order chi connectivity index (χ0) is 15.8. The van der Waals surface area contributed by atoms with Crippen LogP contribution in [-0.4, -0.2) is 38.8 Å². The molecule has 0 unspecified atom stereocenters. The second kappa shape index (κ2) is 5.17. The molecular formula is C12H11F2N3O4. The monoisotopic (exact) mass is 299 g/mol. The summed E-state index contributed by atoms with van der Waals surface area (Å²) < 4.78 is 26.0. The van der Waals surface area contributed by atoms with Crippen molar-refractivity contribution in [3.8, 4) is 0 Å². The van der Waals surface area contributed by atoms with Crippen LogP contribution in [0, 0.1) is 10.1 Å². The molecule has 0 fully saturated rings. The van der Waals surface area contributed by atoms with Crippen molar-refractivity contribution in [1.82, 2.24) is 5.01 Å². The van der Waals surface area contributed by atoms with Gasteiger partial charge in [0, 0.05) is 29.8 Å². The Morgan fingerprint density at radius 2 is 2.24 bits per heavy atom. The van der Waals surface area contributed by atoms with Gasteiger partial charge < -0.3 is 5.11 Å². The van der Waals surface area contributed by atoms with Gasteiger partial charge in [-0.25, -0.2) is 8.78 Å². The highest BCUT2D eigenvalue weighted by Gasteiger charge is 2.51. The number of hydrazone groups is 1. The summed E-state index contributed by atoms with van der Waals surface area (Å²) >= 11 is 0. The number of nitro benzene ring substituents is 1. The highest BCUT2D eigenvalue weighted by atomic mass is 19.3. The highest BCUT2D eigenvalue weighted by molar-refractivity contribution is 5.98. The standard InChI is InChI=1S/C12H11F2N3O4/c1-7-6-12(19,11(13)14)16(15-7)10(18)8-3-2-4-9(5-8)17(20)21/h2-5,11,19H,6H2,1H3/t12-/m1/s1. The van der Waals surface area contributed by atoms with Gasteiger partial charge in [-0.05, 0) is 13.0 Å². The molecule has 0 radical (unpaired) electrons. The number of halogens is 2. The van der Waals surface area contributed by atoms with Crippen LogP contribution in [-0.2, 0) is 0 Å². The molecule has 112 valence electrons. The number of rotatable bonds is 3. The first-order chi connectivity index (χ1) is 9.75. The van der Waals surface area contributed by atoms with Crippen LogP contribution in [0.15, 0.2) is 29.4 Å². The van der Waals surface area contributed by atoms with Crippen molar-refractivity contribution < 1.29 is 23.6 Å². The summed E-state index contributed by atoms with van der Waals surface area (Å²) in [5.41, 5.74) is -3.13. The van der Waals surface area contributed by atoms with E-state index in [1.54, 1.807) is 0 Å². The number of non-ortho nitro benzene ring substituents is 1. The maximum atomic E-state index is 13.0. The molecular weight excluding hydrogens is 288 g/mol. The van der Waals surface area contributed by atoms with E-state index in [-0.39, 0.29) is 22.0 Å². The number of carbonyl (C=O) groups excluding carboxylic acids is 1. The first-order valence-electron chi connectivity index (χ1n) is 5.89. The molecule has 9 heteroatoms. The molecule has 21 heavy (non-hydrogen) atoms. The number of hydrogen-bond donors (Lipinski definition) is 1. The lowest BCUT2D eigenvalue weighted by atomic mass is 10.1. The molecule has 1 heterocycles. The summed E-state index contributed by atoms with van der Waals surface area (Å²) in [5.74, 6) is -1.03. The van der Waals surface area contributed by atoms with Crippen LogP contribution in [0.3, 0.4) is 0 Å². The minimum absolute atomic E-state index is 0.164. The lowest BCUT2D eigenvalue weighted by molar-refractivity contribution is -0.384. The van der Waals surface area contributed by atoms with E-state index in [0.29, 0.717) is 0 Å². The third kappa shape index (κ3) is 2.59. The third-order valence-corrected chi connectivity index (χ3v) is 3.00. The molecule has 1 aromatic rings. The molecule has 1 N–H and O–H groups in total. The average Bonchev–Trinajstić information content (AvgIpc) is 2.74. The lowest BCUT2D eigenvalue weighted by Crippen LogP contribution is -2.51. The number of nitro groups is 1.